The van der Waals surface area contributed by atoms with Crippen molar-refractivity contribution in [3.63, 3.8) is 0 Å². The fourth-order valence-corrected chi connectivity index (χ4v) is 6.43. The van der Waals surface area contributed by atoms with Crippen molar-refractivity contribution in [2.45, 2.75) is 147 Å². The van der Waals surface area contributed by atoms with E-state index >= 15 is 0 Å². The molecule has 0 spiro atoms. The molecule has 1 rings (SSSR count). The first kappa shape index (κ1) is 55.4. The molecule has 10 unspecified atom stereocenters. The fraction of sp³-hybridized carbons (Fsp3) is 0.737. The smallest absolute Gasteiger partial charge is 0.326 e. The van der Waals surface area contributed by atoms with E-state index in [0.717, 1.165) is 6.92 Å². The molecule has 0 aromatic rings. The lowest BCUT2D eigenvalue weighted by atomic mass is 9.98. The number of nitrogens with two attached hydrogens (primary N) is 4. The zero-order chi connectivity index (χ0) is 48.3. The second-order valence-corrected chi connectivity index (χ2v) is 16.3. The minimum Gasteiger partial charge on any atom is -0.480 e. The maximum atomic E-state index is 14.1. The lowest BCUT2D eigenvalue weighted by Crippen LogP contribution is -2.62. The predicted octanol–water partition coefficient (Wildman–Crippen LogP) is -5.93. The van der Waals surface area contributed by atoms with Crippen molar-refractivity contribution < 1.29 is 63.6 Å². The van der Waals surface area contributed by atoms with Gasteiger partial charge in [-0.2, -0.15) is 0 Å². The minimum absolute atomic E-state index is 0.00591. The van der Waals surface area contributed by atoms with E-state index in [0.29, 0.717) is 6.42 Å². The van der Waals surface area contributed by atoms with E-state index in [1.807, 2.05) is 0 Å². The number of primary amides is 1. The van der Waals surface area contributed by atoms with E-state index in [-0.39, 0.29) is 50.7 Å². The van der Waals surface area contributed by atoms with Gasteiger partial charge in [0.1, 0.15) is 48.3 Å². The van der Waals surface area contributed by atoms with Crippen LogP contribution in [0.3, 0.4) is 0 Å². The molecule has 0 bridgehead atoms. The number of guanidine groups is 1. The Hall–Kier alpha value is -5.66. The highest BCUT2D eigenvalue weighted by Crippen LogP contribution is 2.21. The second-order valence-electron chi connectivity index (χ2n) is 16.3. The number of hydrogen-bond donors (Lipinski definition) is 14. The normalized spacial score (nSPS) is 18.0. The van der Waals surface area contributed by atoms with E-state index in [2.05, 4.69) is 36.9 Å². The highest BCUT2D eigenvalue weighted by Gasteiger charge is 2.40. The van der Waals surface area contributed by atoms with Gasteiger partial charge in [-0.05, 0) is 64.2 Å². The Labute approximate surface area is 365 Å². The van der Waals surface area contributed by atoms with E-state index in [4.69, 9.17) is 22.9 Å². The zero-order valence-corrected chi connectivity index (χ0v) is 36.7. The zero-order valence-electron chi connectivity index (χ0n) is 36.7. The van der Waals surface area contributed by atoms with Gasteiger partial charge in [-0.25, -0.2) is 4.79 Å². The third-order valence-corrected chi connectivity index (χ3v) is 9.98. The number of aliphatic hydroxyl groups is 3. The second kappa shape index (κ2) is 26.7. The Morgan fingerprint density at radius 1 is 0.698 bits per heavy atom. The van der Waals surface area contributed by atoms with Gasteiger partial charge in [0, 0.05) is 19.5 Å². The van der Waals surface area contributed by atoms with E-state index in [9.17, 15) is 63.6 Å². The standard InChI is InChI=1S/C38H68N12O13/c1-17(2)15-23(36(61)50-14-8-10-25(50)32(57)45-22(37(62)63)9-7-13-43-38(41)42)46-34(59)28(18(3)4)48-30(55)21(11-12-26(39)54)44-31(56)24(16-51)47-35(60)29(20(6)53)49-33(58)27(40)19(5)52/h17-25,27-29,51-53H,7-16,40H2,1-6H3,(H2,39,54)(H,44,56)(H,45,57)(H,46,59)(H,47,60)(H,48,55)(H,49,58)(H,62,63)(H4,41,42,43). The van der Waals surface area contributed by atoms with Crippen LogP contribution in [0, 0.1) is 11.8 Å². The summed E-state index contributed by atoms with van der Waals surface area (Å²) in [6.07, 6.45) is -2.72. The van der Waals surface area contributed by atoms with Crippen molar-refractivity contribution in [1.82, 2.24) is 36.8 Å². The van der Waals surface area contributed by atoms with Crippen LogP contribution in [0.1, 0.15) is 86.5 Å². The van der Waals surface area contributed by atoms with Gasteiger partial charge in [-0.15, -0.1) is 0 Å². The molecule has 0 saturated carbocycles. The molecule has 18 N–H and O–H groups in total. The van der Waals surface area contributed by atoms with Crippen molar-refractivity contribution in [3.05, 3.63) is 0 Å². The van der Waals surface area contributed by atoms with Crippen LogP contribution in [0.2, 0.25) is 0 Å². The number of amides is 8. The summed E-state index contributed by atoms with van der Waals surface area (Å²) in [6.45, 7) is 8.35. The van der Waals surface area contributed by atoms with Crippen LogP contribution >= 0.6 is 0 Å². The summed E-state index contributed by atoms with van der Waals surface area (Å²) < 4.78 is 0. The lowest BCUT2D eigenvalue weighted by Gasteiger charge is -2.32. The monoisotopic (exact) mass is 901 g/mol. The summed E-state index contributed by atoms with van der Waals surface area (Å²) in [4.78, 5) is 123. The third kappa shape index (κ3) is 18.7. The van der Waals surface area contributed by atoms with Crippen molar-refractivity contribution >= 4 is 59.2 Å². The number of carbonyl (C=O) groups is 9. The summed E-state index contributed by atoms with van der Waals surface area (Å²) in [5, 5.41) is 53.8. The van der Waals surface area contributed by atoms with Gasteiger partial charge in [0.2, 0.25) is 47.3 Å². The molecule has 1 aliphatic rings. The van der Waals surface area contributed by atoms with Gasteiger partial charge < -0.3 is 80.2 Å². The topological polar surface area (TPSA) is 426 Å². The number of aliphatic hydroxyl groups excluding tert-OH is 3. The first-order valence-corrected chi connectivity index (χ1v) is 20.7. The van der Waals surface area contributed by atoms with Gasteiger partial charge in [0.05, 0.1) is 18.8 Å². The fourth-order valence-electron chi connectivity index (χ4n) is 6.43. The average Bonchev–Trinajstić information content (AvgIpc) is 3.69. The lowest BCUT2D eigenvalue weighted by molar-refractivity contribution is -0.145. The van der Waals surface area contributed by atoms with Gasteiger partial charge >= 0.3 is 5.97 Å². The Bertz CT molecular complexity index is 1640. The molecule has 8 amide bonds. The maximum Gasteiger partial charge on any atom is 0.326 e. The van der Waals surface area contributed by atoms with Crippen LogP contribution in [-0.2, 0) is 43.2 Å². The van der Waals surface area contributed by atoms with Crippen molar-refractivity contribution in [2.75, 3.05) is 19.7 Å². The molecule has 1 aliphatic heterocycles. The van der Waals surface area contributed by atoms with Gasteiger partial charge in [-0.1, -0.05) is 27.7 Å². The molecule has 25 heteroatoms. The predicted molar refractivity (Wildman–Crippen MR) is 225 cm³/mol. The summed E-state index contributed by atoms with van der Waals surface area (Å²) >= 11 is 0. The Kier molecular flexibility index (Phi) is 23.5. The van der Waals surface area contributed by atoms with Crippen LogP contribution in [0.25, 0.3) is 0 Å². The number of carboxylic acid groups (broad SMARTS) is 1. The number of nitrogens with one attached hydrogen (secondary N) is 6. The molecule has 1 heterocycles. The first-order chi connectivity index (χ1) is 29.3. The molecule has 0 aromatic carbocycles. The van der Waals surface area contributed by atoms with Gasteiger partial charge in [0.15, 0.2) is 5.96 Å². The van der Waals surface area contributed by atoms with Crippen molar-refractivity contribution in [3.8, 4) is 0 Å². The van der Waals surface area contributed by atoms with Crippen LogP contribution in [0.15, 0.2) is 4.99 Å². The molecule has 1 fully saturated rings. The Morgan fingerprint density at radius 2 is 1.25 bits per heavy atom. The highest BCUT2D eigenvalue weighted by atomic mass is 16.4. The SMILES string of the molecule is CC(C)CC(NC(=O)C(NC(=O)C(CCC(N)=O)NC(=O)C(CO)NC(=O)C(NC(=O)C(N)C(C)O)C(C)O)C(C)C)C(=O)N1CCCC1C(=O)NC(CCCN=C(N)N)C(=O)O. The largest absolute Gasteiger partial charge is 0.480 e. The summed E-state index contributed by atoms with van der Waals surface area (Å²) in [5.74, 6) is -9.54. The van der Waals surface area contributed by atoms with Gasteiger partial charge in [-0.3, -0.25) is 43.3 Å². The number of aliphatic imine (C=N–C) groups is 1. The number of hydrogen-bond acceptors (Lipinski definition) is 14. The first-order valence-electron chi connectivity index (χ1n) is 20.7. The molecule has 63 heavy (non-hydrogen) atoms. The van der Waals surface area contributed by atoms with E-state index in [1.165, 1.54) is 11.8 Å². The summed E-state index contributed by atoms with van der Waals surface area (Å²) in [5.41, 5.74) is 21.5. The summed E-state index contributed by atoms with van der Waals surface area (Å²) in [7, 11) is 0. The number of aliphatic carboxylic acids is 1. The molecule has 10 atom stereocenters. The minimum atomic E-state index is -1.78. The van der Waals surface area contributed by atoms with Crippen molar-refractivity contribution in [2.24, 2.45) is 39.8 Å². The van der Waals surface area contributed by atoms with Crippen LogP contribution in [0.4, 0.5) is 0 Å². The molecule has 1 saturated heterocycles. The van der Waals surface area contributed by atoms with E-state index < -0.39 is 139 Å². The maximum absolute atomic E-state index is 14.1. The van der Waals surface area contributed by atoms with Crippen molar-refractivity contribution in [1.29, 1.82) is 0 Å². The molecule has 0 radical (unpaired) electrons. The van der Waals surface area contributed by atoms with Crippen LogP contribution < -0.4 is 54.8 Å². The molecule has 0 aromatic heterocycles. The van der Waals surface area contributed by atoms with E-state index in [1.54, 1.807) is 27.7 Å². The van der Waals surface area contributed by atoms with Crippen LogP contribution in [0.5, 0.6) is 0 Å². The molecular formula is C38H68N12O13. The third-order valence-electron chi connectivity index (χ3n) is 9.98. The number of rotatable bonds is 27. The Balaban J connectivity index is 3.25. The quantitative estimate of drug-likeness (QED) is 0.0207. The molecule has 358 valence electrons. The average molecular weight is 901 g/mol. The number of nitrogens with zero attached hydrogens (tertiary/aromatic N) is 2. The Morgan fingerprint density at radius 3 is 1.76 bits per heavy atom. The van der Waals surface area contributed by atoms with Gasteiger partial charge in [0.25, 0.3) is 0 Å². The number of carboxylic acids is 1. The number of likely N-dealkylation sites (tertiary alicyclic amines) is 1. The summed E-state index contributed by atoms with van der Waals surface area (Å²) in [6, 6.07) is -11.4. The molecule has 0 aliphatic carbocycles. The van der Waals surface area contributed by atoms with Crippen LogP contribution in [-0.4, -0.2) is 165 Å². The molecular weight excluding hydrogens is 832 g/mol. The highest BCUT2D eigenvalue weighted by molar-refractivity contribution is 5.98. The number of carbonyl (C=O) groups excluding carboxylic acids is 8. The molecule has 25 nitrogen and oxygen atoms in total.